The summed E-state index contributed by atoms with van der Waals surface area (Å²) in [7, 11) is -6.14. The lowest BCUT2D eigenvalue weighted by molar-refractivity contribution is 0.409. The van der Waals surface area contributed by atoms with Crippen LogP contribution >= 0.6 is 0 Å². The van der Waals surface area contributed by atoms with Crippen LogP contribution in [0.3, 0.4) is 0 Å². The molecule has 0 aliphatic heterocycles. The molecule has 0 saturated heterocycles. The fraction of sp³-hybridized carbons (Fsp3) is 1.00. The zero-order chi connectivity index (χ0) is 15.4. The smallest absolute Gasteiger partial charge is 0.211 e. The summed E-state index contributed by atoms with van der Waals surface area (Å²) in [6, 6.07) is 0.0123. The lowest BCUT2D eigenvalue weighted by atomic mass is 10.2. The summed E-state index contributed by atoms with van der Waals surface area (Å²) < 4.78 is 47.5. The predicted octanol–water partition coefficient (Wildman–Crippen LogP) is 0.213. The second-order valence-corrected chi connectivity index (χ2v) is 9.71. The molecule has 1 N–H and O–H groups in total. The Kier molecular flexibility index (Phi) is 6.43. The lowest BCUT2D eigenvalue weighted by Crippen LogP contribution is -2.41. The molecular formula is C12H26N2O4S2. The van der Waals surface area contributed by atoms with Crippen LogP contribution in [0.5, 0.6) is 0 Å². The molecule has 1 rings (SSSR count). The molecule has 0 spiro atoms. The quantitative estimate of drug-likeness (QED) is 0.645. The van der Waals surface area contributed by atoms with Gasteiger partial charge in [0, 0.05) is 25.4 Å². The third-order valence-electron chi connectivity index (χ3n) is 3.82. The molecule has 120 valence electrons. The fourth-order valence-corrected chi connectivity index (χ4v) is 5.13. The highest BCUT2D eigenvalue weighted by Gasteiger charge is 2.34. The topological polar surface area (TPSA) is 83.6 Å². The Balaban J connectivity index is 2.38. The van der Waals surface area contributed by atoms with E-state index in [-0.39, 0.29) is 11.3 Å². The SMILES string of the molecule is CCN(CCCNC1CCCC1S(C)(=O)=O)S(C)(=O)=O. The van der Waals surface area contributed by atoms with Crippen LogP contribution in [0, 0.1) is 0 Å². The van der Waals surface area contributed by atoms with Crippen LogP contribution in [0.1, 0.15) is 32.6 Å². The highest BCUT2D eigenvalue weighted by atomic mass is 32.2. The van der Waals surface area contributed by atoms with Gasteiger partial charge in [-0.05, 0) is 25.8 Å². The first-order valence-electron chi connectivity index (χ1n) is 7.03. The Hall–Kier alpha value is -0.180. The van der Waals surface area contributed by atoms with Crippen LogP contribution in [0.15, 0.2) is 0 Å². The molecule has 2 unspecified atom stereocenters. The summed E-state index contributed by atoms with van der Waals surface area (Å²) >= 11 is 0. The highest BCUT2D eigenvalue weighted by molar-refractivity contribution is 7.91. The zero-order valence-corrected chi connectivity index (χ0v) is 14.1. The van der Waals surface area contributed by atoms with E-state index >= 15 is 0 Å². The number of rotatable bonds is 8. The van der Waals surface area contributed by atoms with Crippen molar-refractivity contribution in [3.05, 3.63) is 0 Å². The molecule has 6 nitrogen and oxygen atoms in total. The van der Waals surface area contributed by atoms with Crippen LogP contribution < -0.4 is 5.32 Å². The van der Waals surface area contributed by atoms with Gasteiger partial charge in [-0.25, -0.2) is 21.1 Å². The van der Waals surface area contributed by atoms with Crippen molar-refractivity contribution in [1.82, 2.24) is 9.62 Å². The number of nitrogens with zero attached hydrogens (tertiary/aromatic N) is 1. The van der Waals surface area contributed by atoms with E-state index in [4.69, 9.17) is 0 Å². The van der Waals surface area contributed by atoms with Crippen LogP contribution in [-0.2, 0) is 19.9 Å². The molecule has 0 aromatic carbocycles. The van der Waals surface area contributed by atoms with E-state index < -0.39 is 19.9 Å². The first kappa shape index (κ1) is 17.9. The Morgan fingerprint density at radius 1 is 1.15 bits per heavy atom. The minimum absolute atomic E-state index is 0.0123. The summed E-state index contributed by atoms with van der Waals surface area (Å²) in [5, 5.41) is 2.98. The molecule has 0 radical (unpaired) electrons. The van der Waals surface area contributed by atoms with Crippen molar-refractivity contribution in [1.29, 1.82) is 0 Å². The standard InChI is InChI=1S/C12H26N2O4S2/c1-4-14(20(3,17)18)10-6-9-13-11-7-5-8-12(11)19(2,15)16/h11-13H,4-10H2,1-3H3. The Morgan fingerprint density at radius 3 is 2.30 bits per heavy atom. The molecule has 1 aliphatic rings. The Bertz CT molecular complexity index is 502. The van der Waals surface area contributed by atoms with Gasteiger partial charge in [-0.15, -0.1) is 0 Å². The molecule has 0 amide bonds. The Labute approximate surface area is 122 Å². The number of hydrogen-bond donors (Lipinski definition) is 1. The van der Waals surface area contributed by atoms with E-state index in [1.165, 1.54) is 16.8 Å². The number of hydrogen-bond acceptors (Lipinski definition) is 5. The van der Waals surface area contributed by atoms with Crippen LogP contribution in [0.25, 0.3) is 0 Å². The van der Waals surface area contributed by atoms with Crippen molar-refractivity contribution in [3.8, 4) is 0 Å². The minimum Gasteiger partial charge on any atom is -0.313 e. The largest absolute Gasteiger partial charge is 0.313 e. The van der Waals surface area contributed by atoms with E-state index in [2.05, 4.69) is 5.32 Å². The molecule has 8 heteroatoms. The summed E-state index contributed by atoms with van der Waals surface area (Å²) in [5.74, 6) is 0. The Morgan fingerprint density at radius 2 is 1.80 bits per heavy atom. The molecule has 0 bridgehead atoms. The van der Waals surface area contributed by atoms with E-state index in [1.54, 1.807) is 0 Å². The zero-order valence-electron chi connectivity index (χ0n) is 12.5. The molecule has 1 aliphatic carbocycles. The van der Waals surface area contributed by atoms with Gasteiger partial charge < -0.3 is 5.32 Å². The van der Waals surface area contributed by atoms with Crippen LogP contribution in [0.4, 0.5) is 0 Å². The van der Waals surface area contributed by atoms with Crippen molar-refractivity contribution >= 4 is 19.9 Å². The van der Waals surface area contributed by atoms with Gasteiger partial charge in [-0.3, -0.25) is 0 Å². The maximum Gasteiger partial charge on any atom is 0.211 e. The first-order valence-corrected chi connectivity index (χ1v) is 10.8. The maximum atomic E-state index is 11.6. The average Bonchev–Trinajstić information content (AvgIpc) is 2.75. The van der Waals surface area contributed by atoms with Crippen LogP contribution in [0.2, 0.25) is 0 Å². The van der Waals surface area contributed by atoms with Crippen molar-refractivity contribution in [2.45, 2.75) is 43.9 Å². The van der Waals surface area contributed by atoms with E-state index in [9.17, 15) is 16.8 Å². The van der Waals surface area contributed by atoms with E-state index in [1.807, 2.05) is 6.92 Å². The van der Waals surface area contributed by atoms with Crippen molar-refractivity contribution < 1.29 is 16.8 Å². The summed E-state index contributed by atoms with van der Waals surface area (Å²) in [4.78, 5) is 0. The van der Waals surface area contributed by atoms with Crippen LogP contribution in [-0.4, -0.2) is 64.6 Å². The van der Waals surface area contributed by atoms with Gasteiger partial charge in [0.25, 0.3) is 0 Å². The van der Waals surface area contributed by atoms with Gasteiger partial charge in [0.1, 0.15) is 0 Å². The van der Waals surface area contributed by atoms with Gasteiger partial charge in [0.15, 0.2) is 9.84 Å². The molecule has 1 saturated carbocycles. The second-order valence-electron chi connectivity index (χ2n) is 5.47. The molecule has 0 aromatic heterocycles. The van der Waals surface area contributed by atoms with Gasteiger partial charge in [-0.2, -0.15) is 0 Å². The highest BCUT2D eigenvalue weighted by Crippen LogP contribution is 2.24. The van der Waals surface area contributed by atoms with Crippen molar-refractivity contribution in [2.75, 3.05) is 32.1 Å². The maximum absolute atomic E-state index is 11.6. The number of sulfone groups is 1. The molecule has 0 aromatic rings. The first-order chi connectivity index (χ1) is 9.16. The second kappa shape index (κ2) is 7.20. The molecule has 1 fully saturated rings. The van der Waals surface area contributed by atoms with Gasteiger partial charge >= 0.3 is 0 Å². The molecule has 20 heavy (non-hydrogen) atoms. The lowest BCUT2D eigenvalue weighted by Gasteiger charge is -2.21. The summed E-state index contributed by atoms with van der Waals surface area (Å²) in [5.41, 5.74) is 0. The summed E-state index contributed by atoms with van der Waals surface area (Å²) in [6.45, 7) is 3.39. The molecule has 0 heterocycles. The van der Waals surface area contributed by atoms with Crippen molar-refractivity contribution in [2.24, 2.45) is 0 Å². The third kappa shape index (κ3) is 5.31. The van der Waals surface area contributed by atoms with Crippen molar-refractivity contribution in [3.63, 3.8) is 0 Å². The van der Waals surface area contributed by atoms with Gasteiger partial charge in [0.05, 0.1) is 11.5 Å². The monoisotopic (exact) mass is 326 g/mol. The van der Waals surface area contributed by atoms with E-state index in [0.29, 0.717) is 26.1 Å². The number of nitrogens with one attached hydrogen (secondary N) is 1. The van der Waals surface area contributed by atoms with Gasteiger partial charge in [-0.1, -0.05) is 13.3 Å². The fourth-order valence-electron chi connectivity index (χ4n) is 2.77. The third-order valence-corrected chi connectivity index (χ3v) is 6.86. The predicted molar refractivity (Wildman–Crippen MR) is 81.0 cm³/mol. The summed E-state index contributed by atoms with van der Waals surface area (Å²) in [6.07, 6.45) is 5.72. The van der Waals surface area contributed by atoms with Gasteiger partial charge in [0.2, 0.25) is 10.0 Å². The number of sulfonamides is 1. The minimum atomic E-state index is -3.14. The molecule has 2 atom stereocenters. The normalized spacial score (nSPS) is 24.4. The van der Waals surface area contributed by atoms with E-state index in [0.717, 1.165) is 19.3 Å². The average molecular weight is 326 g/mol. The molecular weight excluding hydrogens is 300 g/mol.